The van der Waals surface area contributed by atoms with Crippen LogP contribution in [0.3, 0.4) is 0 Å². The molecule has 0 atom stereocenters. The highest BCUT2D eigenvalue weighted by atomic mass is 16.5. The Labute approximate surface area is 104 Å². The summed E-state index contributed by atoms with van der Waals surface area (Å²) in [6, 6.07) is 0.208. The van der Waals surface area contributed by atoms with Crippen molar-refractivity contribution < 1.29 is 9.53 Å². The van der Waals surface area contributed by atoms with Gasteiger partial charge in [-0.2, -0.15) is 0 Å². The second-order valence-electron chi connectivity index (χ2n) is 4.84. The number of carbonyl (C=O) groups excluding carboxylic acids is 1. The van der Waals surface area contributed by atoms with Gasteiger partial charge in [-0.05, 0) is 39.7 Å². The van der Waals surface area contributed by atoms with Crippen LogP contribution in [0.2, 0.25) is 0 Å². The number of hydrogen-bond acceptors (Lipinski definition) is 2. The molecule has 3 nitrogen and oxygen atoms in total. The molecular formula is C14H23NO2. The molecule has 3 heteroatoms. The minimum Gasteiger partial charge on any atom is -0.466 e. The lowest BCUT2D eigenvalue weighted by molar-refractivity contribution is -0.127. The average molecular weight is 237 g/mol. The highest BCUT2D eigenvalue weighted by Gasteiger charge is 2.25. The Bertz CT molecular complexity index is 378. The van der Waals surface area contributed by atoms with Gasteiger partial charge in [-0.3, -0.25) is 4.79 Å². The Morgan fingerprint density at radius 2 is 1.94 bits per heavy atom. The van der Waals surface area contributed by atoms with Crippen LogP contribution >= 0.6 is 0 Å². The minimum absolute atomic E-state index is 0.0796. The second-order valence-corrected chi connectivity index (χ2v) is 4.84. The van der Waals surface area contributed by atoms with Crippen molar-refractivity contribution in [3.8, 4) is 0 Å². The van der Waals surface area contributed by atoms with Gasteiger partial charge in [0.25, 0.3) is 5.91 Å². The molecule has 0 bridgehead atoms. The van der Waals surface area contributed by atoms with Crippen molar-refractivity contribution in [3.05, 3.63) is 22.7 Å². The molecule has 1 heterocycles. The van der Waals surface area contributed by atoms with Crippen molar-refractivity contribution in [1.29, 1.82) is 0 Å². The van der Waals surface area contributed by atoms with Crippen LogP contribution in [0.1, 0.15) is 47.5 Å². The molecule has 0 aliphatic carbocycles. The SMILES string of the molecule is CCC1=C(C)OC(C)=C(C(=O)N(C)C(C)C)C1. The molecule has 96 valence electrons. The van der Waals surface area contributed by atoms with E-state index in [1.165, 1.54) is 5.57 Å². The Hall–Kier alpha value is -1.25. The number of likely N-dealkylation sites (N-methyl/N-ethyl adjacent to an activating group) is 1. The summed E-state index contributed by atoms with van der Waals surface area (Å²) in [5.41, 5.74) is 2.01. The van der Waals surface area contributed by atoms with Gasteiger partial charge in [0.1, 0.15) is 11.5 Å². The predicted molar refractivity (Wildman–Crippen MR) is 69.3 cm³/mol. The number of rotatable bonds is 3. The Kier molecular flexibility index (Phi) is 4.38. The van der Waals surface area contributed by atoms with Crippen molar-refractivity contribution in [1.82, 2.24) is 4.90 Å². The third-order valence-electron chi connectivity index (χ3n) is 3.40. The van der Waals surface area contributed by atoms with E-state index < -0.39 is 0 Å². The molecule has 0 radical (unpaired) electrons. The van der Waals surface area contributed by atoms with Crippen LogP contribution in [-0.2, 0) is 9.53 Å². The Morgan fingerprint density at radius 3 is 2.41 bits per heavy atom. The van der Waals surface area contributed by atoms with Crippen molar-refractivity contribution >= 4 is 5.91 Å². The van der Waals surface area contributed by atoms with E-state index in [1.54, 1.807) is 4.90 Å². The number of nitrogens with zero attached hydrogens (tertiary/aromatic N) is 1. The summed E-state index contributed by atoms with van der Waals surface area (Å²) in [7, 11) is 1.84. The van der Waals surface area contributed by atoms with E-state index in [2.05, 4.69) is 6.92 Å². The van der Waals surface area contributed by atoms with Crippen molar-refractivity contribution in [2.45, 2.75) is 53.5 Å². The molecule has 0 aromatic carbocycles. The number of ether oxygens (including phenoxy) is 1. The first-order chi connectivity index (χ1) is 7.88. The quantitative estimate of drug-likeness (QED) is 0.754. The molecule has 0 saturated heterocycles. The molecule has 1 aliphatic heterocycles. The first kappa shape index (κ1) is 13.8. The van der Waals surface area contributed by atoms with E-state index in [9.17, 15) is 4.79 Å². The van der Waals surface area contributed by atoms with Gasteiger partial charge in [-0.25, -0.2) is 0 Å². The van der Waals surface area contributed by atoms with E-state index in [1.807, 2.05) is 34.7 Å². The molecule has 17 heavy (non-hydrogen) atoms. The summed E-state index contributed by atoms with van der Waals surface area (Å²) in [6.45, 7) is 9.96. The fourth-order valence-corrected chi connectivity index (χ4v) is 1.87. The fraction of sp³-hybridized carbons (Fsp3) is 0.643. The van der Waals surface area contributed by atoms with Crippen LogP contribution in [0.15, 0.2) is 22.7 Å². The first-order valence-corrected chi connectivity index (χ1v) is 6.21. The maximum atomic E-state index is 12.3. The predicted octanol–water partition coefficient (Wildman–Crippen LogP) is 3.23. The number of carbonyl (C=O) groups is 1. The molecule has 0 aromatic rings. The lowest BCUT2D eigenvalue weighted by Gasteiger charge is -2.27. The van der Waals surface area contributed by atoms with Crippen molar-refractivity contribution in [2.24, 2.45) is 0 Å². The van der Waals surface area contributed by atoms with Crippen molar-refractivity contribution in [3.63, 3.8) is 0 Å². The smallest absolute Gasteiger partial charge is 0.253 e. The van der Waals surface area contributed by atoms with Gasteiger partial charge < -0.3 is 9.64 Å². The maximum Gasteiger partial charge on any atom is 0.253 e. The van der Waals surface area contributed by atoms with Crippen LogP contribution < -0.4 is 0 Å². The molecule has 0 fully saturated rings. The second kappa shape index (κ2) is 5.39. The third-order valence-corrected chi connectivity index (χ3v) is 3.40. The van der Waals surface area contributed by atoms with Gasteiger partial charge in [-0.15, -0.1) is 0 Å². The Balaban J connectivity index is 2.92. The summed E-state index contributed by atoms with van der Waals surface area (Å²) in [4.78, 5) is 14.0. The molecular weight excluding hydrogens is 214 g/mol. The Morgan fingerprint density at radius 1 is 1.35 bits per heavy atom. The number of amides is 1. The normalized spacial score (nSPS) is 16.4. The van der Waals surface area contributed by atoms with Gasteiger partial charge in [-0.1, -0.05) is 6.92 Å². The standard InChI is InChI=1S/C14H23NO2/c1-7-12-8-13(11(5)17-10(12)4)14(16)15(6)9(2)3/h9H,7-8H2,1-6H3. The molecule has 1 amide bonds. The monoisotopic (exact) mass is 237 g/mol. The highest BCUT2D eigenvalue weighted by molar-refractivity contribution is 5.94. The summed E-state index contributed by atoms with van der Waals surface area (Å²) in [5.74, 6) is 1.78. The van der Waals surface area contributed by atoms with Crippen LogP contribution in [0.25, 0.3) is 0 Å². The fourth-order valence-electron chi connectivity index (χ4n) is 1.87. The summed E-state index contributed by atoms with van der Waals surface area (Å²) in [6.07, 6.45) is 1.66. The van der Waals surface area contributed by atoms with E-state index in [4.69, 9.17) is 4.74 Å². The lowest BCUT2D eigenvalue weighted by Crippen LogP contribution is -2.35. The van der Waals surface area contributed by atoms with Gasteiger partial charge in [0, 0.05) is 19.5 Å². The first-order valence-electron chi connectivity index (χ1n) is 6.21. The molecule has 0 spiro atoms. The largest absolute Gasteiger partial charge is 0.466 e. The minimum atomic E-state index is 0.0796. The van der Waals surface area contributed by atoms with Gasteiger partial charge >= 0.3 is 0 Å². The maximum absolute atomic E-state index is 12.3. The summed E-state index contributed by atoms with van der Waals surface area (Å²) < 4.78 is 5.67. The van der Waals surface area contributed by atoms with E-state index in [0.717, 1.165) is 29.9 Å². The van der Waals surface area contributed by atoms with Crippen molar-refractivity contribution in [2.75, 3.05) is 7.05 Å². The molecule has 1 aliphatic rings. The van der Waals surface area contributed by atoms with Crippen LogP contribution in [-0.4, -0.2) is 23.9 Å². The number of hydrogen-bond donors (Lipinski definition) is 0. The molecule has 0 unspecified atom stereocenters. The summed E-state index contributed by atoms with van der Waals surface area (Å²) in [5, 5.41) is 0. The zero-order valence-electron chi connectivity index (χ0n) is 11.8. The van der Waals surface area contributed by atoms with Crippen LogP contribution in [0, 0.1) is 0 Å². The van der Waals surface area contributed by atoms with E-state index in [-0.39, 0.29) is 11.9 Å². The highest BCUT2D eigenvalue weighted by Crippen LogP contribution is 2.30. The average Bonchev–Trinajstić information content (AvgIpc) is 2.27. The third kappa shape index (κ3) is 2.90. The van der Waals surface area contributed by atoms with E-state index in [0.29, 0.717) is 0 Å². The number of allylic oxidation sites excluding steroid dienone is 3. The van der Waals surface area contributed by atoms with Gasteiger partial charge in [0.05, 0.1) is 5.57 Å². The van der Waals surface area contributed by atoms with Crippen LogP contribution in [0.4, 0.5) is 0 Å². The molecule has 1 rings (SSSR count). The zero-order valence-corrected chi connectivity index (χ0v) is 11.8. The van der Waals surface area contributed by atoms with E-state index >= 15 is 0 Å². The molecule has 0 saturated carbocycles. The van der Waals surface area contributed by atoms with Gasteiger partial charge in [0.15, 0.2) is 0 Å². The molecule has 0 N–H and O–H groups in total. The zero-order chi connectivity index (χ0) is 13.2. The topological polar surface area (TPSA) is 29.5 Å². The summed E-state index contributed by atoms with van der Waals surface area (Å²) >= 11 is 0. The lowest BCUT2D eigenvalue weighted by atomic mass is 9.98. The van der Waals surface area contributed by atoms with Crippen LogP contribution in [0.5, 0.6) is 0 Å². The molecule has 0 aromatic heterocycles. The van der Waals surface area contributed by atoms with Gasteiger partial charge in [0.2, 0.25) is 0 Å².